The molecule has 1 aromatic carbocycles. The fourth-order valence-electron chi connectivity index (χ4n) is 2.33. The molecule has 0 fully saturated rings. The first-order valence-corrected chi connectivity index (χ1v) is 10.0. The molecule has 10 heteroatoms. The molecule has 0 atom stereocenters. The molecule has 3 rings (SSSR count). The van der Waals surface area contributed by atoms with Crippen molar-refractivity contribution < 1.29 is 13.2 Å². The molecule has 134 valence electrons. The molecule has 1 aliphatic rings. The van der Waals surface area contributed by atoms with E-state index in [9.17, 15) is 8.42 Å². The summed E-state index contributed by atoms with van der Waals surface area (Å²) in [5, 5.41) is 6.31. The number of nitrogens with zero attached hydrogens (tertiary/aromatic N) is 2. The Balaban J connectivity index is 2.01. The molecule has 8 nitrogen and oxygen atoms in total. The number of nitrogens with one attached hydrogen (secondary N) is 3. The Morgan fingerprint density at radius 1 is 1.32 bits per heavy atom. The Hall–Kier alpha value is -1.91. The van der Waals surface area contributed by atoms with Gasteiger partial charge < -0.3 is 15.4 Å². The molecule has 0 spiro atoms. The van der Waals surface area contributed by atoms with Gasteiger partial charge in [0.05, 0.1) is 11.1 Å². The number of sulfonamides is 1. The molecule has 0 saturated heterocycles. The SMILES string of the molecule is CNS(=O)(=O)c1ccc2cc1OCCCCNc1nc(ncc1Br)N2. The van der Waals surface area contributed by atoms with Gasteiger partial charge in [-0.2, -0.15) is 4.98 Å². The van der Waals surface area contributed by atoms with Crippen molar-refractivity contribution in [3.05, 3.63) is 28.9 Å². The standard InChI is InChI=1S/C15H18BrN5O3S/c1-17-25(22,23)13-5-4-10-8-12(13)24-7-3-2-6-18-14-11(16)9-19-15(20-10)21-14/h4-5,8-9,17H,2-3,6-7H2,1H3,(H2,18,19,20,21). The van der Waals surface area contributed by atoms with Crippen LogP contribution in [-0.2, 0) is 10.0 Å². The smallest absolute Gasteiger partial charge is 0.243 e. The predicted molar refractivity (Wildman–Crippen MR) is 98.9 cm³/mol. The van der Waals surface area contributed by atoms with Crippen molar-refractivity contribution in [2.45, 2.75) is 17.7 Å². The molecule has 0 radical (unpaired) electrons. The number of anilines is 3. The fourth-order valence-corrected chi connectivity index (χ4v) is 3.51. The van der Waals surface area contributed by atoms with Crippen molar-refractivity contribution in [3.8, 4) is 5.75 Å². The molecule has 2 heterocycles. The summed E-state index contributed by atoms with van der Waals surface area (Å²) < 4.78 is 33.2. The number of rotatable bonds is 2. The van der Waals surface area contributed by atoms with E-state index in [4.69, 9.17) is 4.74 Å². The average molecular weight is 428 g/mol. The van der Waals surface area contributed by atoms with Crippen molar-refractivity contribution in [2.24, 2.45) is 0 Å². The summed E-state index contributed by atoms with van der Waals surface area (Å²) >= 11 is 3.42. The maximum Gasteiger partial charge on any atom is 0.243 e. The Morgan fingerprint density at radius 2 is 2.16 bits per heavy atom. The van der Waals surface area contributed by atoms with Gasteiger partial charge >= 0.3 is 0 Å². The minimum Gasteiger partial charge on any atom is -0.492 e. The van der Waals surface area contributed by atoms with Crippen LogP contribution in [0.15, 0.2) is 33.8 Å². The van der Waals surface area contributed by atoms with Gasteiger partial charge in [-0.1, -0.05) is 0 Å². The van der Waals surface area contributed by atoms with Gasteiger partial charge in [0.2, 0.25) is 16.0 Å². The van der Waals surface area contributed by atoms with Crippen LogP contribution in [0.2, 0.25) is 0 Å². The van der Waals surface area contributed by atoms with Crippen LogP contribution in [0.1, 0.15) is 12.8 Å². The first-order chi connectivity index (χ1) is 12.0. The number of halogens is 1. The highest BCUT2D eigenvalue weighted by molar-refractivity contribution is 9.10. The molecule has 2 aromatic rings. The second-order valence-corrected chi connectivity index (χ2v) is 8.08. The number of hydrogen-bond donors (Lipinski definition) is 3. The molecule has 1 aliphatic heterocycles. The summed E-state index contributed by atoms with van der Waals surface area (Å²) in [6.45, 7) is 1.14. The first-order valence-electron chi connectivity index (χ1n) is 7.73. The number of aromatic nitrogens is 2. The topological polar surface area (TPSA) is 105 Å². The van der Waals surface area contributed by atoms with Crippen LogP contribution in [0.5, 0.6) is 5.75 Å². The van der Waals surface area contributed by atoms with E-state index in [1.807, 2.05) is 0 Å². The normalized spacial score (nSPS) is 14.8. The molecule has 0 saturated carbocycles. The Bertz CT molecular complexity index is 875. The van der Waals surface area contributed by atoms with Gasteiger partial charge in [-0.15, -0.1) is 0 Å². The number of benzene rings is 1. The summed E-state index contributed by atoms with van der Waals surface area (Å²) in [6, 6.07) is 4.79. The van der Waals surface area contributed by atoms with Gasteiger partial charge in [-0.3, -0.25) is 0 Å². The van der Waals surface area contributed by atoms with E-state index in [0.29, 0.717) is 29.8 Å². The van der Waals surface area contributed by atoms with Gasteiger partial charge in [0.15, 0.2) is 0 Å². The lowest BCUT2D eigenvalue weighted by molar-refractivity contribution is 0.301. The van der Waals surface area contributed by atoms with Crippen molar-refractivity contribution in [1.82, 2.24) is 14.7 Å². The lowest BCUT2D eigenvalue weighted by Crippen LogP contribution is -2.19. The highest BCUT2D eigenvalue weighted by Gasteiger charge is 2.19. The van der Waals surface area contributed by atoms with Gasteiger partial charge in [0.25, 0.3) is 0 Å². The number of fused-ring (bicyclic) bond motifs is 4. The number of ether oxygens (including phenoxy) is 1. The van der Waals surface area contributed by atoms with Crippen molar-refractivity contribution >= 4 is 43.4 Å². The van der Waals surface area contributed by atoms with Gasteiger partial charge in [-0.05, 0) is 48.0 Å². The van der Waals surface area contributed by atoms with Crippen LogP contribution in [0.25, 0.3) is 0 Å². The van der Waals surface area contributed by atoms with Crippen molar-refractivity contribution in [3.63, 3.8) is 0 Å². The molecule has 3 N–H and O–H groups in total. The van der Waals surface area contributed by atoms with E-state index in [0.717, 1.165) is 23.9 Å². The van der Waals surface area contributed by atoms with E-state index in [-0.39, 0.29) is 4.90 Å². The van der Waals surface area contributed by atoms with E-state index >= 15 is 0 Å². The minimum absolute atomic E-state index is 0.103. The molecule has 0 aliphatic carbocycles. The van der Waals surface area contributed by atoms with E-state index in [1.54, 1.807) is 18.3 Å². The average Bonchev–Trinajstić information content (AvgIpc) is 2.60. The summed E-state index contributed by atoms with van der Waals surface area (Å²) in [4.78, 5) is 8.75. The number of hydrogen-bond acceptors (Lipinski definition) is 7. The largest absolute Gasteiger partial charge is 0.492 e. The zero-order valence-electron chi connectivity index (χ0n) is 13.5. The maximum atomic E-state index is 12.2. The molecule has 0 unspecified atom stereocenters. The lowest BCUT2D eigenvalue weighted by atomic mass is 10.3. The first kappa shape index (κ1) is 17.9. The summed E-state index contributed by atoms with van der Waals surface area (Å²) in [5.41, 5.74) is 0.637. The summed E-state index contributed by atoms with van der Waals surface area (Å²) in [5.74, 6) is 1.40. The fraction of sp³-hybridized carbons (Fsp3) is 0.333. The van der Waals surface area contributed by atoms with Gasteiger partial charge in [0, 0.05) is 24.5 Å². The maximum absolute atomic E-state index is 12.2. The van der Waals surface area contributed by atoms with E-state index < -0.39 is 10.0 Å². The second-order valence-electron chi connectivity index (χ2n) is 5.37. The van der Waals surface area contributed by atoms with Crippen LogP contribution in [-0.4, -0.2) is 38.6 Å². The summed E-state index contributed by atoms with van der Waals surface area (Å²) in [6.07, 6.45) is 3.29. The molecular formula is C15H18BrN5O3S. The van der Waals surface area contributed by atoms with Crippen LogP contribution in [0, 0.1) is 0 Å². The Labute approximate surface area is 154 Å². The third-order valence-corrected chi connectivity index (χ3v) is 5.66. The molecule has 25 heavy (non-hydrogen) atoms. The zero-order chi connectivity index (χ0) is 17.9. The highest BCUT2D eigenvalue weighted by atomic mass is 79.9. The quantitative estimate of drug-likeness (QED) is 0.675. The van der Waals surface area contributed by atoms with Gasteiger partial charge in [-0.25, -0.2) is 18.1 Å². The van der Waals surface area contributed by atoms with Crippen LogP contribution in [0.3, 0.4) is 0 Å². The Morgan fingerprint density at radius 3 is 2.96 bits per heavy atom. The molecule has 1 aromatic heterocycles. The zero-order valence-corrected chi connectivity index (χ0v) is 15.9. The van der Waals surface area contributed by atoms with E-state index in [1.165, 1.54) is 13.1 Å². The van der Waals surface area contributed by atoms with Crippen LogP contribution < -0.4 is 20.1 Å². The molecule has 0 amide bonds. The lowest BCUT2D eigenvalue weighted by Gasteiger charge is -2.13. The monoisotopic (exact) mass is 427 g/mol. The van der Waals surface area contributed by atoms with Crippen molar-refractivity contribution in [2.75, 3.05) is 30.8 Å². The minimum atomic E-state index is -3.61. The van der Waals surface area contributed by atoms with Crippen molar-refractivity contribution in [1.29, 1.82) is 0 Å². The second kappa shape index (κ2) is 7.54. The predicted octanol–water partition coefficient (Wildman–Crippen LogP) is 2.48. The van der Waals surface area contributed by atoms with Crippen LogP contribution in [0.4, 0.5) is 17.5 Å². The third-order valence-electron chi connectivity index (χ3n) is 3.62. The van der Waals surface area contributed by atoms with E-state index in [2.05, 4.69) is 41.3 Å². The van der Waals surface area contributed by atoms with Crippen LogP contribution >= 0.6 is 15.9 Å². The summed E-state index contributed by atoms with van der Waals surface area (Å²) in [7, 11) is -2.24. The van der Waals surface area contributed by atoms with Gasteiger partial charge in [0.1, 0.15) is 16.5 Å². The third kappa shape index (κ3) is 4.20. The molecular weight excluding hydrogens is 410 g/mol. The highest BCUT2D eigenvalue weighted by Crippen LogP contribution is 2.29. The molecule has 4 bridgehead atoms. The Kier molecular flexibility index (Phi) is 5.40.